The number of carboxylic acid groups (broad SMARTS) is 2. The van der Waals surface area contributed by atoms with E-state index in [0.717, 1.165) is 0 Å². The van der Waals surface area contributed by atoms with Crippen molar-refractivity contribution in [3.63, 3.8) is 0 Å². The number of non-ortho nitro benzene ring substituents is 1. The van der Waals surface area contributed by atoms with Gasteiger partial charge in [-0.3, -0.25) is 10.1 Å². The molecule has 0 bridgehead atoms. The first-order valence-corrected chi connectivity index (χ1v) is 5.79. The molecule has 0 atom stereocenters. The third-order valence-corrected chi connectivity index (χ3v) is 2.86. The van der Waals surface area contributed by atoms with Crippen molar-refractivity contribution in [3.05, 3.63) is 57.9 Å². The number of nitro groups is 1. The van der Waals surface area contributed by atoms with Gasteiger partial charge >= 0.3 is 11.9 Å². The van der Waals surface area contributed by atoms with Gasteiger partial charge in [-0.25, -0.2) is 9.59 Å². The van der Waals surface area contributed by atoms with Gasteiger partial charge in [0.2, 0.25) is 0 Å². The van der Waals surface area contributed by atoms with Crippen LogP contribution in [0.2, 0.25) is 0 Å². The lowest BCUT2D eigenvalue weighted by atomic mass is 10.0. The lowest BCUT2D eigenvalue weighted by Gasteiger charge is -2.22. The van der Waals surface area contributed by atoms with Crippen LogP contribution >= 0.6 is 0 Å². The van der Waals surface area contributed by atoms with E-state index in [0.29, 0.717) is 5.69 Å². The molecular formula is C13H10N2O6. The first-order valence-electron chi connectivity index (χ1n) is 5.79. The minimum Gasteiger partial charge on any atom is -0.478 e. The average Bonchev–Trinajstić information content (AvgIpc) is 2.46. The minimum atomic E-state index is -1.24. The summed E-state index contributed by atoms with van der Waals surface area (Å²) in [5.41, 5.74) is -0.0853. The predicted octanol–water partition coefficient (Wildman–Crippen LogP) is 1.74. The Morgan fingerprint density at radius 1 is 1.14 bits per heavy atom. The normalized spacial score (nSPS) is 14.2. The zero-order valence-electron chi connectivity index (χ0n) is 10.6. The highest BCUT2D eigenvalue weighted by molar-refractivity contribution is 5.95. The van der Waals surface area contributed by atoms with Crippen LogP contribution in [0.3, 0.4) is 0 Å². The van der Waals surface area contributed by atoms with Gasteiger partial charge in [-0.1, -0.05) is 6.07 Å². The van der Waals surface area contributed by atoms with Crippen molar-refractivity contribution < 1.29 is 24.7 Å². The molecule has 0 unspecified atom stereocenters. The second-order valence-electron chi connectivity index (χ2n) is 4.28. The van der Waals surface area contributed by atoms with Gasteiger partial charge in [0.25, 0.3) is 5.69 Å². The van der Waals surface area contributed by atoms with E-state index in [-0.39, 0.29) is 23.3 Å². The van der Waals surface area contributed by atoms with Crippen LogP contribution in [0.4, 0.5) is 11.4 Å². The van der Waals surface area contributed by atoms with E-state index in [4.69, 9.17) is 10.2 Å². The maximum Gasteiger partial charge on any atom is 0.333 e. The fraction of sp³-hybridized carbons (Fsp3) is 0.0769. The SMILES string of the molecule is O=C(O)C1=CN(c2cccc([N+](=O)[O-])c2)C=C(C(=O)O)C1. The first-order chi connectivity index (χ1) is 9.88. The highest BCUT2D eigenvalue weighted by atomic mass is 16.6. The molecule has 2 N–H and O–H groups in total. The van der Waals surface area contributed by atoms with Gasteiger partial charge in [-0.05, 0) is 6.07 Å². The topological polar surface area (TPSA) is 121 Å². The number of nitro benzene ring substituents is 1. The second kappa shape index (κ2) is 5.45. The Morgan fingerprint density at radius 3 is 2.19 bits per heavy atom. The van der Waals surface area contributed by atoms with Crippen LogP contribution in [0, 0.1) is 10.1 Å². The quantitative estimate of drug-likeness (QED) is 0.639. The summed E-state index contributed by atoms with van der Waals surface area (Å²) in [5.74, 6) is -2.48. The van der Waals surface area contributed by atoms with Gasteiger partial charge in [0.1, 0.15) is 0 Å². The van der Waals surface area contributed by atoms with E-state index in [1.807, 2.05) is 0 Å². The monoisotopic (exact) mass is 290 g/mol. The molecule has 21 heavy (non-hydrogen) atoms. The van der Waals surface area contributed by atoms with Crippen LogP contribution < -0.4 is 4.90 Å². The van der Waals surface area contributed by atoms with E-state index in [1.165, 1.54) is 41.6 Å². The fourth-order valence-electron chi connectivity index (χ4n) is 1.85. The molecule has 0 spiro atoms. The molecule has 8 nitrogen and oxygen atoms in total. The number of carbonyl (C=O) groups is 2. The van der Waals surface area contributed by atoms with Crippen molar-refractivity contribution in [2.24, 2.45) is 0 Å². The maximum absolute atomic E-state index is 11.1. The van der Waals surface area contributed by atoms with Crippen molar-refractivity contribution in [2.45, 2.75) is 6.42 Å². The summed E-state index contributed by atoms with van der Waals surface area (Å²) in [4.78, 5) is 33.5. The summed E-state index contributed by atoms with van der Waals surface area (Å²) in [7, 11) is 0. The molecular weight excluding hydrogens is 280 g/mol. The molecule has 1 heterocycles. The molecule has 0 aliphatic carbocycles. The van der Waals surface area contributed by atoms with Gasteiger partial charge in [0, 0.05) is 31.0 Å². The van der Waals surface area contributed by atoms with Crippen LogP contribution in [-0.2, 0) is 9.59 Å². The zero-order valence-corrected chi connectivity index (χ0v) is 10.6. The Morgan fingerprint density at radius 2 is 1.71 bits per heavy atom. The highest BCUT2D eigenvalue weighted by Gasteiger charge is 2.22. The minimum absolute atomic E-state index is 0.110. The number of hydrogen-bond acceptors (Lipinski definition) is 5. The fourth-order valence-corrected chi connectivity index (χ4v) is 1.85. The van der Waals surface area contributed by atoms with Crippen molar-refractivity contribution in [3.8, 4) is 0 Å². The molecule has 1 aromatic rings. The zero-order chi connectivity index (χ0) is 15.6. The van der Waals surface area contributed by atoms with Crippen LogP contribution in [0.5, 0.6) is 0 Å². The molecule has 0 aromatic heterocycles. The number of nitrogens with zero attached hydrogens (tertiary/aromatic N) is 2. The number of rotatable bonds is 4. The molecule has 108 valence electrons. The van der Waals surface area contributed by atoms with E-state index < -0.39 is 16.9 Å². The van der Waals surface area contributed by atoms with Crippen molar-refractivity contribution in [1.29, 1.82) is 0 Å². The van der Waals surface area contributed by atoms with Gasteiger partial charge in [0.15, 0.2) is 0 Å². The standard InChI is InChI=1S/C13H10N2O6/c16-12(17)8-4-9(13(18)19)7-14(6-8)10-2-1-3-11(5-10)15(20)21/h1-3,5-7H,4H2,(H,16,17)(H,18,19). The smallest absolute Gasteiger partial charge is 0.333 e. The van der Waals surface area contributed by atoms with E-state index >= 15 is 0 Å². The average molecular weight is 290 g/mol. The van der Waals surface area contributed by atoms with Gasteiger partial charge in [0.05, 0.1) is 21.8 Å². The van der Waals surface area contributed by atoms with Crippen LogP contribution in [0.15, 0.2) is 47.8 Å². The Bertz CT molecular complexity index is 662. The summed E-state index contributed by atoms with van der Waals surface area (Å²) in [6.07, 6.45) is 2.28. The number of carboxylic acids is 2. The lowest BCUT2D eigenvalue weighted by Crippen LogP contribution is -2.21. The summed E-state index contributed by atoms with van der Waals surface area (Å²) in [5, 5.41) is 28.8. The van der Waals surface area contributed by atoms with E-state index in [2.05, 4.69) is 0 Å². The predicted molar refractivity (Wildman–Crippen MR) is 71.6 cm³/mol. The van der Waals surface area contributed by atoms with Crippen molar-refractivity contribution in [2.75, 3.05) is 4.90 Å². The molecule has 0 saturated heterocycles. The molecule has 1 aromatic carbocycles. The Kier molecular flexibility index (Phi) is 3.70. The van der Waals surface area contributed by atoms with Crippen LogP contribution in [-0.4, -0.2) is 27.1 Å². The van der Waals surface area contributed by atoms with Crippen molar-refractivity contribution >= 4 is 23.3 Å². The van der Waals surface area contributed by atoms with Gasteiger partial charge in [-0.15, -0.1) is 0 Å². The molecule has 8 heteroatoms. The van der Waals surface area contributed by atoms with Gasteiger partial charge < -0.3 is 15.1 Å². The molecule has 1 aliphatic heterocycles. The molecule has 0 saturated carbocycles. The Labute approximate surface area is 118 Å². The highest BCUT2D eigenvalue weighted by Crippen LogP contribution is 2.27. The van der Waals surface area contributed by atoms with Crippen molar-refractivity contribution in [1.82, 2.24) is 0 Å². The lowest BCUT2D eigenvalue weighted by molar-refractivity contribution is -0.384. The summed E-state index contributed by atoms with van der Waals surface area (Å²) < 4.78 is 0. The third kappa shape index (κ3) is 3.06. The number of aliphatic carboxylic acids is 2. The van der Waals surface area contributed by atoms with Gasteiger partial charge in [-0.2, -0.15) is 0 Å². The maximum atomic E-state index is 11.1. The molecule has 0 fully saturated rings. The third-order valence-electron chi connectivity index (χ3n) is 2.86. The van der Waals surface area contributed by atoms with E-state index in [9.17, 15) is 19.7 Å². The second-order valence-corrected chi connectivity index (χ2v) is 4.28. The van der Waals surface area contributed by atoms with Crippen LogP contribution in [0.1, 0.15) is 6.42 Å². The largest absolute Gasteiger partial charge is 0.478 e. The summed E-state index contributed by atoms with van der Waals surface area (Å²) in [6.45, 7) is 0. The number of benzene rings is 1. The van der Waals surface area contributed by atoms with Crippen LogP contribution in [0.25, 0.3) is 0 Å². The number of hydrogen-bond donors (Lipinski definition) is 2. The Hall–Kier alpha value is -3.16. The molecule has 0 amide bonds. The molecule has 2 rings (SSSR count). The number of anilines is 1. The molecule has 1 aliphatic rings. The Balaban J connectivity index is 2.46. The molecule has 0 radical (unpaired) electrons. The summed E-state index contributed by atoms with van der Waals surface area (Å²) >= 11 is 0. The van der Waals surface area contributed by atoms with E-state index in [1.54, 1.807) is 0 Å². The first kappa shape index (κ1) is 14.3. The summed E-state index contributed by atoms with van der Waals surface area (Å²) in [6, 6.07) is 5.48.